The number of carbonyl (C=O) groups is 1. The van der Waals surface area contributed by atoms with Crippen LogP contribution in [0.25, 0.3) is 0 Å². The van der Waals surface area contributed by atoms with Crippen LogP contribution in [0.15, 0.2) is 30.3 Å². The highest BCUT2D eigenvalue weighted by molar-refractivity contribution is 7.91. The molecule has 1 amide bonds. The van der Waals surface area contributed by atoms with Crippen molar-refractivity contribution in [3.05, 3.63) is 41.9 Å². The summed E-state index contributed by atoms with van der Waals surface area (Å²) >= 11 is 0. The highest BCUT2D eigenvalue weighted by atomic mass is 32.2. The van der Waals surface area contributed by atoms with Gasteiger partial charge in [-0.2, -0.15) is 0 Å². The van der Waals surface area contributed by atoms with Crippen LogP contribution < -0.4 is 15.0 Å². The quantitative estimate of drug-likeness (QED) is 0.828. The van der Waals surface area contributed by atoms with E-state index in [-0.39, 0.29) is 29.1 Å². The lowest BCUT2D eigenvalue weighted by Gasteiger charge is -2.25. The minimum absolute atomic E-state index is 0.0951. The summed E-state index contributed by atoms with van der Waals surface area (Å²) < 4.78 is 28.6. The molecular weight excluding hydrogens is 368 g/mol. The van der Waals surface area contributed by atoms with Crippen LogP contribution in [0, 0.1) is 6.92 Å². The fourth-order valence-corrected chi connectivity index (χ4v) is 4.79. The summed E-state index contributed by atoms with van der Waals surface area (Å²) in [5.41, 5.74) is 0.806. The number of hydrogen-bond donors (Lipinski definition) is 1. The summed E-state index contributed by atoms with van der Waals surface area (Å²) in [7, 11) is 0.336. The zero-order valence-electron chi connectivity index (χ0n) is 15.5. The SMILES string of the molecule is COc1cccc(NC(=O)c2cc(N(C)C3CCS(=O)(=O)C3)nc(C)n2)c1. The third kappa shape index (κ3) is 4.54. The molecule has 0 spiro atoms. The Hall–Kier alpha value is -2.68. The molecule has 144 valence electrons. The van der Waals surface area contributed by atoms with Crippen LogP contribution in [-0.2, 0) is 9.84 Å². The smallest absolute Gasteiger partial charge is 0.274 e. The van der Waals surface area contributed by atoms with Gasteiger partial charge in [0.2, 0.25) is 0 Å². The second kappa shape index (κ2) is 7.51. The summed E-state index contributed by atoms with van der Waals surface area (Å²) in [6.45, 7) is 1.70. The molecule has 1 unspecified atom stereocenters. The van der Waals surface area contributed by atoms with Gasteiger partial charge in [0.05, 0.1) is 18.6 Å². The number of aryl methyl sites for hydroxylation is 1. The van der Waals surface area contributed by atoms with E-state index < -0.39 is 9.84 Å². The molecule has 0 bridgehead atoms. The number of nitrogens with zero attached hydrogens (tertiary/aromatic N) is 3. The maximum atomic E-state index is 12.6. The number of benzene rings is 1. The van der Waals surface area contributed by atoms with Crippen molar-refractivity contribution < 1.29 is 17.9 Å². The van der Waals surface area contributed by atoms with E-state index >= 15 is 0 Å². The number of rotatable bonds is 5. The zero-order chi connectivity index (χ0) is 19.6. The third-order valence-corrected chi connectivity index (χ3v) is 6.25. The number of aromatic nitrogens is 2. The molecule has 1 aliphatic heterocycles. The van der Waals surface area contributed by atoms with Crippen LogP contribution >= 0.6 is 0 Å². The van der Waals surface area contributed by atoms with Crippen LogP contribution in [0.2, 0.25) is 0 Å². The summed E-state index contributed by atoms with van der Waals surface area (Å²) in [6, 6.07) is 8.45. The number of nitrogens with one attached hydrogen (secondary N) is 1. The van der Waals surface area contributed by atoms with Gasteiger partial charge in [-0.25, -0.2) is 18.4 Å². The Morgan fingerprint density at radius 3 is 2.74 bits per heavy atom. The number of ether oxygens (including phenoxy) is 1. The van der Waals surface area contributed by atoms with Gasteiger partial charge < -0.3 is 15.0 Å². The van der Waals surface area contributed by atoms with E-state index in [2.05, 4.69) is 15.3 Å². The highest BCUT2D eigenvalue weighted by Crippen LogP contribution is 2.23. The molecule has 1 aromatic heterocycles. The van der Waals surface area contributed by atoms with Crippen LogP contribution in [-0.4, -0.2) is 56.0 Å². The second-order valence-electron chi connectivity index (χ2n) is 6.51. The van der Waals surface area contributed by atoms with E-state index in [1.54, 1.807) is 51.4 Å². The molecular formula is C18H22N4O4S. The predicted molar refractivity (Wildman–Crippen MR) is 103 cm³/mol. The molecule has 0 aliphatic carbocycles. The van der Waals surface area contributed by atoms with Crippen molar-refractivity contribution in [2.75, 3.05) is 35.9 Å². The van der Waals surface area contributed by atoms with Gasteiger partial charge >= 0.3 is 0 Å². The maximum absolute atomic E-state index is 12.6. The first-order chi connectivity index (χ1) is 12.8. The van der Waals surface area contributed by atoms with E-state index in [9.17, 15) is 13.2 Å². The van der Waals surface area contributed by atoms with Crippen molar-refractivity contribution in [3.8, 4) is 5.75 Å². The van der Waals surface area contributed by atoms with Gasteiger partial charge in [0.1, 0.15) is 23.1 Å². The van der Waals surface area contributed by atoms with E-state index in [0.29, 0.717) is 29.5 Å². The Labute approximate surface area is 158 Å². The Morgan fingerprint density at radius 1 is 1.30 bits per heavy atom. The number of amides is 1. The van der Waals surface area contributed by atoms with Gasteiger partial charge in [0.25, 0.3) is 5.91 Å². The first kappa shape index (κ1) is 19.1. The average molecular weight is 390 g/mol. The summed E-state index contributed by atoms with van der Waals surface area (Å²) in [4.78, 5) is 23.0. The fraction of sp³-hybridized carbons (Fsp3) is 0.389. The number of sulfone groups is 1. The molecule has 2 heterocycles. The van der Waals surface area contributed by atoms with Gasteiger partial charge in [-0.3, -0.25) is 4.79 Å². The standard InChI is InChI=1S/C18H22N4O4S/c1-12-19-16(18(23)21-13-5-4-6-15(9-13)26-3)10-17(20-12)22(2)14-7-8-27(24,25)11-14/h4-6,9-10,14H,7-8,11H2,1-3H3,(H,21,23). The summed E-state index contributed by atoms with van der Waals surface area (Å²) in [5.74, 6) is 1.50. The van der Waals surface area contributed by atoms with Crippen molar-refractivity contribution in [1.82, 2.24) is 9.97 Å². The van der Waals surface area contributed by atoms with Crippen LogP contribution in [0.3, 0.4) is 0 Å². The molecule has 1 aliphatic rings. The van der Waals surface area contributed by atoms with Crippen molar-refractivity contribution in [3.63, 3.8) is 0 Å². The zero-order valence-corrected chi connectivity index (χ0v) is 16.3. The van der Waals surface area contributed by atoms with E-state index in [4.69, 9.17) is 4.74 Å². The van der Waals surface area contributed by atoms with Gasteiger partial charge in [0.15, 0.2) is 9.84 Å². The van der Waals surface area contributed by atoms with Crippen LogP contribution in [0.4, 0.5) is 11.5 Å². The molecule has 1 N–H and O–H groups in total. The van der Waals surface area contributed by atoms with Gasteiger partial charge in [-0.15, -0.1) is 0 Å². The lowest BCUT2D eigenvalue weighted by atomic mass is 10.2. The van der Waals surface area contributed by atoms with Crippen molar-refractivity contribution >= 4 is 27.2 Å². The monoisotopic (exact) mass is 390 g/mol. The molecule has 27 heavy (non-hydrogen) atoms. The molecule has 1 atom stereocenters. The number of methoxy groups -OCH3 is 1. The van der Waals surface area contributed by atoms with E-state index in [1.165, 1.54) is 0 Å². The van der Waals surface area contributed by atoms with Crippen LogP contribution in [0.5, 0.6) is 5.75 Å². The largest absolute Gasteiger partial charge is 0.497 e. The van der Waals surface area contributed by atoms with E-state index in [0.717, 1.165) is 0 Å². The molecule has 0 radical (unpaired) electrons. The van der Waals surface area contributed by atoms with Crippen molar-refractivity contribution in [2.45, 2.75) is 19.4 Å². The summed E-state index contributed by atoms with van der Waals surface area (Å²) in [6.07, 6.45) is 0.549. The first-order valence-corrected chi connectivity index (χ1v) is 10.3. The topological polar surface area (TPSA) is 101 Å². The number of carbonyl (C=O) groups excluding carboxylic acids is 1. The minimum Gasteiger partial charge on any atom is -0.497 e. The third-order valence-electron chi connectivity index (χ3n) is 4.50. The highest BCUT2D eigenvalue weighted by Gasteiger charge is 2.31. The van der Waals surface area contributed by atoms with Crippen molar-refractivity contribution in [2.24, 2.45) is 0 Å². The summed E-state index contributed by atoms with van der Waals surface area (Å²) in [5, 5.41) is 2.79. The fourth-order valence-electron chi connectivity index (χ4n) is 3.01. The van der Waals surface area contributed by atoms with Gasteiger partial charge in [0, 0.05) is 30.9 Å². The Balaban J connectivity index is 1.81. The van der Waals surface area contributed by atoms with Gasteiger partial charge in [-0.05, 0) is 25.5 Å². The van der Waals surface area contributed by atoms with E-state index in [1.807, 2.05) is 4.90 Å². The molecule has 8 nitrogen and oxygen atoms in total. The normalized spacial score (nSPS) is 18.1. The molecule has 0 saturated carbocycles. The predicted octanol–water partition coefficient (Wildman–Crippen LogP) is 1.67. The second-order valence-corrected chi connectivity index (χ2v) is 8.74. The Bertz CT molecular complexity index is 962. The molecule has 1 aromatic carbocycles. The van der Waals surface area contributed by atoms with Crippen LogP contribution in [0.1, 0.15) is 22.7 Å². The average Bonchev–Trinajstić information content (AvgIpc) is 3.00. The van der Waals surface area contributed by atoms with Crippen molar-refractivity contribution in [1.29, 1.82) is 0 Å². The lowest BCUT2D eigenvalue weighted by Crippen LogP contribution is -2.33. The molecule has 1 saturated heterocycles. The number of hydrogen-bond acceptors (Lipinski definition) is 7. The first-order valence-electron chi connectivity index (χ1n) is 8.52. The molecule has 9 heteroatoms. The van der Waals surface area contributed by atoms with Gasteiger partial charge in [-0.1, -0.05) is 6.07 Å². The Morgan fingerprint density at radius 2 is 2.07 bits per heavy atom. The number of anilines is 2. The molecule has 3 rings (SSSR count). The maximum Gasteiger partial charge on any atom is 0.274 e. The molecule has 2 aromatic rings. The minimum atomic E-state index is -3.01. The molecule has 1 fully saturated rings. The lowest BCUT2D eigenvalue weighted by molar-refractivity contribution is 0.102. The Kier molecular flexibility index (Phi) is 5.31.